The van der Waals surface area contributed by atoms with E-state index >= 15 is 0 Å². The zero-order valence-electron chi connectivity index (χ0n) is 7.27. The topological polar surface area (TPSA) is 63.8 Å². The molecular formula is C9H12N4. The van der Waals surface area contributed by atoms with Crippen LogP contribution in [0.4, 0.5) is 0 Å². The summed E-state index contributed by atoms with van der Waals surface area (Å²) >= 11 is 0. The lowest BCUT2D eigenvalue weighted by atomic mass is 10.1. The van der Waals surface area contributed by atoms with E-state index in [2.05, 4.69) is 21.3 Å². The van der Waals surface area contributed by atoms with Crippen LogP contribution < -0.4 is 11.3 Å². The number of hydrazine groups is 1. The lowest BCUT2D eigenvalue weighted by Gasteiger charge is -2.11. The number of nitrogens with zero attached hydrogens (tertiary/aromatic N) is 2. The molecule has 0 spiro atoms. The van der Waals surface area contributed by atoms with Crippen molar-refractivity contribution in [3.8, 4) is 12.3 Å². The first-order valence-electron chi connectivity index (χ1n) is 4.05. The van der Waals surface area contributed by atoms with E-state index in [1.54, 1.807) is 18.5 Å². The van der Waals surface area contributed by atoms with E-state index in [1.807, 2.05) is 0 Å². The first-order chi connectivity index (χ1) is 6.38. The summed E-state index contributed by atoms with van der Waals surface area (Å²) in [6, 6.07) is 1.70. The lowest BCUT2D eigenvalue weighted by molar-refractivity contribution is 0.497. The summed E-state index contributed by atoms with van der Waals surface area (Å²) in [5, 5.41) is 0. The monoisotopic (exact) mass is 176 g/mol. The van der Waals surface area contributed by atoms with Gasteiger partial charge in [-0.05, 0) is 12.5 Å². The van der Waals surface area contributed by atoms with Gasteiger partial charge in [0.05, 0.1) is 6.04 Å². The van der Waals surface area contributed by atoms with Crippen molar-refractivity contribution in [2.24, 2.45) is 5.84 Å². The van der Waals surface area contributed by atoms with Crippen LogP contribution >= 0.6 is 0 Å². The molecule has 0 aromatic carbocycles. The maximum atomic E-state index is 5.35. The Hall–Kier alpha value is -1.44. The Morgan fingerprint density at radius 3 is 2.77 bits per heavy atom. The fourth-order valence-corrected chi connectivity index (χ4v) is 1.01. The highest BCUT2D eigenvalue weighted by Gasteiger charge is 2.10. The molecule has 4 heteroatoms. The molecule has 0 aliphatic heterocycles. The number of hydrogen-bond acceptors (Lipinski definition) is 4. The van der Waals surface area contributed by atoms with Crippen molar-refractivity contribution in [3.63, 3.8) is 0 Å². The molecule has 0 aliphatic rings. The minimum atomic E-state index is -0.0581. The smallest absolute Gasteiger partial charge is 0.146 e. The predicted octanol–water partition coefficient (Wildman–Crippen LogP) is 0.394. The largest absolute Gasteiger partial charge is 0.271 e. The van der Waals surface area contributed by atoms with Crippen molar-refractivity contribution in [2.75, 3.05) is 0 Å². The van der Waals surface area contributed by atoms with Gasteiger partial charge in [0, 0.05) is 18.8 Å². The molecule has 4 nitrogen and oxygen atoms in total. The van der Waals surface area contributed by atoms with Crippen LogP contribution in [-0.4, -0.2) is 9.97 Å². The normalized spacial score (nSPS) is 12.0. The van der Waals surface area contributed by atoms with E-state index in [0.717, 1.165) is 6.42 Å². The summed E-state index contributed by atoms with van der Waals surface area (Å²) < 4.78 is 0. The van der Waals surface area contributed by atoms with Crippen LogP contribution in [0.1, 0.15) is 24.7 Å². The number of rotatable bonds is 4. The number of terminal acetylenes is 1. The third-order valence-electron chi connectivity index (χ3n) is 1.68. The van der Waals surface area contributed by atoms with Crippen molar-refractivity contribution in [1.82, 2.24) is 15.4 Å². The average Bonchev–Trinajstić information content (AvgIpc) is 2.21. The second kappa shape index (κ2) is 5.25. The van der Waals surface area contributed by atoms with E-state index in [1.165, 1.54) is 0 Å². The molecule has 68 valence electrons. The van der Waals surface area contributed by atoms with Crippen molar-refractivity contribution >= 4 is 0 Å². The second-order valence-corrected chi connectivity index (χ2v) is 2.57. The SMILES string of the molecule is C#CCCC(NN)c1ncccn1. The number of nitrogens with two attached hydrogens (primary N) is 1. The minimum Gasteiger partial charge on any atom is -0.271 e. The third kappa shape index (κ3) is 2.82. The van der Waals surface area contributed by atoms with E-state index in [9.17, 15) is 0 Å². The molecule has 0 amide bonds. The van der Waals surface area contributed by atoms with Gasteiger partial charge in [0.15, 0.2) is 0 Å². The highest BCUT2D eigenvalue weighted by atomic mass is 15.2. The molecule has 1 rings (SSSR count). The van der Waals surface area contributed by atoms with E-state index in [-0.39, 0.29) is 6.04 Å². The van der Waals surface area contributed by atoms with Crippen molar-refractivity contribution in [1.29, 1.82) is 0 Å². The van der Waals surface area contributed by atoms with Gasteiger partial charge in [0.1, 0.15) is 5.82 Å². The quantitative estimate of drug-likeness (QED) is 0.396. The number of nitrogens with one attached hydrogen (secondary N) is 1. The summed E-state index contributed by atoms with van der Waals surface area (Å²) in [6.07, 6.45) is 9.92. The molecule has 0 bridgehead atoms. The van der Waals surface area contributed by atoms with Gasteiger partial charge in [0.2, 0.25) is 0 Å². The van der Waals surface area contributed by atoms with Gasteiger partial charge in [-0.1, -0.05) is 0 Å². The van der Waals surface area contributed by atoms with Gasteiger partial charge in [-0.25, -0.2) is 15.4 Å². The van der Waals surface area contributed by atoms with E-state index in [4.69, 9.17) is 12.3 Å². The average molecular weight is 176 g/mol. The fraction of sp³-hybridized carbons (Fsp3) is 0.333. The van der Waals surface area contributed by atoms with Gasteiger partial charge in [-0.15, -0.1) is 12.3 Å². The van der Waals surface area contributed by atoms with Crippen molar-refractivity contribution in [2.45, 2.75) is 18.9 Å². The molecule has 0 saturated carbocycles. The molecule has 1 atom stereocenters. The Morgan fingerprint density at radius 2 is 2.23 bits per heavy atom. The maximum absolute atomic E-state index is 5.35. The molecular weight excluding hydrogens is 164 g/mol. The van der Waals surface area contributed by atoms with Crippen LogP contribution in [-0.2, 0) is 0 Å². The van der Waals surface area contributed by atoms with Crippen LogP contribution in [0.15, 0.2) is 18.5 Å². The summed E-state index contributed by atoms with van der Waals surface area (Å²) in [5.74, 6) is 8.58. The van der Waals surface area contributed by atoms with Gasteiger partial charge in [-0.3, -0.25) is 5.84 Å². The summed E-state index contributed by atoms with van der Waals surface area (Å²) in [7, 11) is 0. The Labute approximate surface area is 77.6 Å². The van der Waals surface area contributed by atoms with Gasteiger partial charge >= 0.3 is 0 Å². The number of aromatic nitrogens is 2. The molecule has 1 aromatic rings. The van der Waals surface area contributed by atoms with Crippen LogP contribution in [0.5, 0.6) is 0 Å². The summed E-state index contributed by atoms with van der Waals surface area (Å²) in [4.78, 5) is 8.16. The molecule has 3 N–H and O–H groups in total. The first-order valence-corrected chi connectivity index (χ1v) is 4.05. The van der Waals surface area contributed by atoms with E-state index < -0.39 is 0 Å². The Bertz CT molecular complexity index is 277. The standard InChI is InChI=1S/C9H12N4/c1-2-3-5-8(13-10)9-11-6-4-7-12-9/h1,4,6-8,13H,3,5,10H2. The molecule has 0 aliphatic carbocycles. The second-order valence-electron chi connectivity index (χ2n) is 2.57. The van der Waals surface area contributed by atoms with Gasteiger partial charge in [0.25, 0.3) is 0 Å². The molecule has 13 heavy (non-hydrogen) atoms. The van der Waals surface area contributed by atoms with Crippen LogP contribution in [0.3, 0.4) is 0 Å². The molecule has 0 saturated heterocycles. The van der Waals surface area contributed by atoms with Crippen LogP contribution in [0, 0.1) is 12.3 Å². The van der Waals surface area contributed by atoms with Crippen molar-refractivity contribution in [3.05, 3.63) is 24.3 Å². The molecule has 0 radical (unpaired) electrons. The molecule has 0 fully saturated rings. The van der Waals surface area contributed by atoms with Crippen molar-refractivity contribution < 1.29 is 0 Å². The first kappa shape index (κ1) is 9.65. The Balaban J connectivity index is 2.63. The van der Waals surface area contributed by atoms with Gasteiger partial charge < -0.3 is 0 Å². The highest BCUT2D eigenvalue weighted by molar-refractivity contribution is 4.97. The minimum absolute atomic E-state index is 0.0581. The molecule has 1 aromatic heterocycles. The highest BCUT2D eigenvalue weighted by Crippen LogP contribution is 2.11. The summed E-state index contributed by atoms with van der Waals surface area (Å²) in [6.45, 7) is 0. The Kier molecular flexibility index (Phi) is 3.89. The molecule has 1 heterocycles. The van der Waals surface area contributed by atoms with Gasteiger partial charge in [-0.2, -0.15) is 0 Å². The third-order valence-corrected chi connectivity index (χ3v) is 1.68. The zero-order chi connectivity index (χ0) is 9.52. The van der Waals surface area contributed by atoms with Crippen LogP contribution in [0.2, 0.25) is 0 Å². The predicted molar refractivity (Wildman–Crippen MR) is 50.2 cm³/mol. The lowest BCUT2D eigenvalue weighted by Crippen LogP contribution is -2.29. The van der Waals surface area contributed by atoms with Crippen LogP contribution in [0.25, 0.3) is 0 Å². The van der Waals surface area contributed by atoms with E-state index in [0.29, 0.717) is 12.2 Å². The maximum Gasteiger partial charge on any atom is 0.146 e. The Morgan fingerprint density at radius 1 is 1.54 bits per heavy atom. The summed E-state index contributed by atoms with van der Waals surface area (Å²) in [5.41, 5.74) is 2.63. The zero-order valence-corrected chi connectivity index (χ0v) is 7.27. The molecule has 1 unspecified atom stereocenters. The fourth-order valence-electron chi connectivity index (χ4n) is 1.01. The number of hydrogen-bond donors (Lipinski definition) is 2.